The Balaban J connectivity index is 1.23. The minimum atomic E-state index is -4.37. The Morgan fingerprint density at radius 2 is 1.84 bits per heavy atom. The zero-order valence-electron chi connectivity index (χ0n) is 24.2. The molecule has 14 heteroatoms. The van der Waals surface area contributed by atoms with Gasteiger partial charge in [-0.15, -0.1) is 0 Å². The van der Waals surface area contributed by atoms with E-state index in [1.54, 1.807) is 24.3 Å². The molecule has 0 unspecified atom stereocenters. The van der Waals surface area contributed by atoms with E-state index in [9.17, 15) is 24.1 Å². The standard InChI is InChI=1S/C31H32N3O10P/c1-20(28(37)40-18-21-8-3-2-4-9-21)33-45(39,44-24-13-7-11-22-10-5-6-12-23(22)24)42-19-25-27(36)31(15-17-41-31)29(43-25)34-16-14-26(35)32-30(34)38/h2-14,16,20,25,27,29,36H,15,17-19H2,1H3,(H,33,39)(H,32,35,38)/t20-,25+,27+,29+,31+,45+/m0/s1. The van der Waals surface area contributed by atoms with Crippen molar-refractivity contribution in [3.05, 3.63) is 111 Å². The molecule has 2 aliphatic heterocycles. The van der Waals surface area contributed by atoms with Gasteiger partial charge in [-0.3, -0.25) is 23.7 Å². The lowest BCUT2D eigenvalue weighted by atomic mass is 9.86. The highest BCUT2D eigenvalue weighted by molar-refractivity contribution is 7.52. The summed E-state index contributed by atoms with van der Waals surface area (Å²) in [6.45, 7) is 1.32. The van der Waals surface area contributed by atoms with Crippen molar-refractivity contribution in [1.29, 1.82) is 0 Å². The summed E-state index contributed by atoms with van der Waals surface area (Å²) in [6.07, 6.45) is -1.91. The zero-order valence-corrected chi connectivity index (χ0v) is 25.1. The predicted octanol–water partition coefficient (Wildman–Crippen LogP) is 3.03. The van der Waals surface area contributed by atoms with E-state index in [0.29, 0.717) is 18.4 Å². The van der Waals surface area contributed by atoms with Gasteiger partial charge in [-0.25, -0.2) is 9.36 Å². The van der Waals surface area contributed by atoms with Crippen molar-refractivity contribution in [3.63, 3.8) is 0 Å². The van der Waals surface area contributed by atoms with Crippen LogP contribution in [-0.2, 0) is 34.7 Å². The van der Waals surface area contributed by atoms with Crippen LogP contribution in [0.3, 0.4) is 0 Å². The first-order valence-electron chi connectivity index (χ1n) is 14.4. The van der Waals surface area contributed by atoms with Crippen molar-refractivity contribution >= 4 is 24.5 Å². The molecule has 2 saturated heterocycles. The summed E-state index contributed by atoms with van der Waals surface area (Å²) in [4.78, 5) is 39.3. The molecule has 236 valence electrons. The van der Waals surface area contributed by atoms with Gasteiger partial charge in [-0.05, 0) is 23.9 Å². The number of aliphatic hydroxyl groups is 1. The molecule has 1 aromatic heterocycles. The van der Waals surface area contributed by atoms with Gasteiger partial charge in [0.25, 0.3) is 5.56 Å². The maximum Gasteiger partial charge on any atom is 0.459 e. The van der Waals surface area contributed by atoms with Gasteiger partial charge in [0.1, 0.15) is 36.2 Å². The molecule has 3 N–H and O–H groups in total. The Hall–Kier alpha value is -4.10. The van der Waals surface area contributed by atoms with Gasteiger partial charge in [-0.1, -0.05) is 66.7 Å². The molecule has 3 aromatic carbocycles. The zero-order chi connectivity index (χ0) is 31.6. The quantitative estimate of drug-likeness (QED) is 0.163. The number of H-pyrrole nitrogens is 1. The summed E-state index contributed by atoms with van der Waals surface area (Å²) in [5.74, 6) is -0.459. The van der Waals surface area contributed by atoms with E-state index in [4.69, 9.17) is 23.3 Å². The molecule has 1 spiro atoms. The van der Waals surface area contributed by atoms with Crippen molar-refractivity contribution in [1.82, 2.24) is 14.6 Å². The fourth-order valence-electron chi connectivity index (χ4n) is 5.43. The van der Waals surface area contributed by atoms with Crippen LogP contribution in [0.4, 0.5) is 0 Å². The molecule has 2 aliphatic rings. The van der Waals surface area contributed by atoms with Crippen molar-refractivity contribution in [2.45, 2.75) is 50.0 Å². The third-order valence-corrected chi connectivity index (χ3v) is 9.48. The summed E-state index contributed by atoms with van der Waals surface area (Å²) < 4.78 is 44.5. The molecule has 0 aliphatic carbocycles. The Bertz CT molecular complexity index is 1840. The molecule has 0 bridgehead atoms. The van der Waals surface area contributed by atoms with Crippen LogP contribution in [0.2, 0.25) is 0 Å². The number of aromatic amines is 1. The lowest BCUT2D eigenvalue weighted by Crippen LogP contribution is -2.57. The number of hydrogen-bond donors (Lipinski definition) is 3. The van der Waals surface area contributed by atoms with Crippen molar-refractivity contribution < 1.29 is 37.7 Å². The molecule has 13 nitrogen and oxygen atoms in total. The maximum absolute atomic E-state index is 14.3. The van der Waals surface area contributed by atoms with Crippen LogP contribution in [0.15, 0.2) is 94.6 Å². The van der Waals surface area contributed by atoms with Gasteiger partial charge in [0.15, 0.2) is 6.23 Å². The molecule has 0 saturated carbocycles. The molecular weight excluding hydrogens is 605 g/mol. The molecule has 4 aromatic rings. The molecule has 6 atom stereocenters. The Morgan fingerprint density at radius 1 is 1.11 bits per heavy atom. The van der Waals surface area contributed by atoms with Gasteiger partial charge >= 0.3 is 19.4 Å². The summed E-state index contributed by atoms with van der Waals surface area (Å²) >= 11 is 0. The van der Waals surface area contributed by atoms with Crippen molar-refractivity contribution in [2.75, 3.05) is 13.2 Å². The second kappa shape index (κ2) is 12.7. The highest BCUT2D eigenvalue weighted by Crippen LogP contribution is 2.51. The average molecular weight is 638 g/mol. The Kier molecular flexibility index (Phi) is 8.74. The van der Waals surface area contributed by atoms with E-state index >= 15 is 0 Å². The topological polar surface area (TPSA) is 167 Å². The van der Waals surface area contributed by atoms with E-state index in [-0.39, 0.29) is 12.4 Å². The number of hydrogen-bond acceptors (Lipinski definition) is 10. The fraction of sp³-hybridized carbons (Fsp3) is 0.323. The molecule has 0 radical (unpaired) electrons. The minimum absolute atomic E-state index is 0.0106. The van der Waals surface area contributed by atoms with E-state index in [2.05, 4.69) is 10.1 Å². The second-order valence-electron chi connectivity index (χ2n) is 10.8. The van der Waals surface area contributed by atoms with Crippen LogP contribution in [-0.4, -0.2) is 57.7 Å². The minimum Gasteiger partial charge on any atom is -0.460 e. The lowest BCUT2D eigenvalue weighted by Gasteiger charge is -2.44. The molecule has 2 fully saturated rings. The fourth-order valence-corrected chi connectivity index (χ4v) is 6.96. The van der Waals surface area contributed by atoms with Gasteiger partial charge < -0.3 is 23.8 Å². The number of carbonyl (C=O) groups is 1. The normalized spacial score (nSPS) is 24.5. The molecule has 0 amide bonds. The van der Waals surface area contributed by atoms with Gasteiger partial charge in [0.2, 0.25) is 0 Å². The lowest BCUT2D eigenvalue weighted by molar-refractivity contribution is -0.227. The second-order valence-corrected chi connectivity index (χ2v) is 12.5. The van der Waals surface area contributed by atoms with Gasteiger partial charge in [-0.2, -0.15) is 5.09 Å². The predicted molar refractivity (Wildman–Crippen MR) is 162 cm³/mol. The number of fused-ring (bicyclic) bond motifs is 1. The third-order valence-electron chi connectivity index (χ3n) is 7.85. The maximum atomic E-state index is 14.3. The van der Waals surface area contributed by atoms with E-state index < -0.39 is 61.7 Å². The highest BCUT2D eigenvalue weighted by Gasteiger charge is 2.62. The average Bonchev–Trinajstić information content (AvgIpc) is 3.31. The van der Waals surface area contributed by atoms with Crippen LogP contribution < -0.4 is 20.9 Å². The SMILES string of the molecule is C[C@H](N[P@@](=O)(OC[C@H]1O[C@@H](n2ccc(=O)[nH]c2=O)[C@@]2(CCO2)[C@@H]1O)Oc1cccc2ccccc12)C(=O)OCc1ccccc1. The van der Waals surface area contributed by atoms with Gasteiger partial charge in [0, 0.05) is 24.1 Å². The number of aliphatic hydroxyl groups excluding tert-OH is 1. The number of nitrogens with one attached hydrogen (secondary N) is 2. The summed E-state index contributed by atoms with van der Waals surface area (Å²) in [5.41, 5.74) is -1.85. The molecular formula is C31H32N3O10P. The Morgan fingerprint density at radius 3 is 2.58 bits per heavy atom. The monoisotopic (exact) mass is 637 g/mol. The Labute approximate surface area is 257 Å². The largest absolute Gasteiger partial charge is 0.460 e. The van der Waals surface area contributed by atoms with E-state index in [1.165, 1.54) is 13.1 Å². The van der Waals surface area contributed by atoms with E-state index in [1.807, 2.05) is 48.5 Å². The van der Waals surface area contributed by atoms with Crippen LogP contribution >= 0.6 is 7.75 Å². The van der Waals surface area contributed by atoms with Crippen LogP contribution in [0.25, 0.3) is 10.8 Å². The first kappa shape index (κ1) is 30.9. The highest BCUT2D eigenvalue weighted by atomic mass is 31.2. The number of rotatable bonds is 11. The van der Waals surface area contributed by atoms with Gasteiger partial charge in [0.05, 0.1) is 13.2 Å². The first-order valence-corrected chi connectivity index (χ1v) is 15.9. The molecule has 6 rings (SSSR count). The third kappa shape index (κ3) is 6.36. The van der Waals surface area contributed by atoms with Crippen molar-refractivity contribution in [3.8, 4) is 5.75 Å². The molecule has 3 heterocycles. The number of nitrogens with zero attached hydrogens (tertiary/aromatic N) is 1. The number of aromatic nitrogens is 2. The van der Waals surface area contributed by atoms with Crippen LogP contribution in [0.1, 0.15) is 25.1 Å². The molecule has 45 heavy (non-hydrogen) atoms. The van der Waals surface area contributed by atoms with Crippen LogP contribution in [0.5, 0.6) is 5.75 Å². The number of carbonyl (C=O) groups excluding carboxylic acids is 1. The van der Waals surface area contributed by atoms with Crippen LogP contribution in [0, 0.1) is 0 Å². The number of benzene rings is 3. The summed E-state index contributed by atoms with van der Waals surface area (Å²) in [7, 11) is -4.37. The first-order chi connectivity index (χ1) is 21.7. The smallest absolute Gasteiger partial charge is 0.459 e. The van der Waals surface area contributed by atoms with E-state index in [0.717, 1.165) is 21.6 Å². The number of esters is 1. The summed E-state index contributed by atoms with van der Waals surface area (Å²) in [6, 6.07) is 21.7. The summed E-state index contributed by atoms with van der Waals surface area (Å²) in [5, 5.41) is 15.4. The number of ether oxygens (including phenoxy) is 3. The van der Waals surface area contributed by atoms with Crippen molar-refractivity contribution in [2.24, 2.45) is 0 Å².